The van der Waals surface area contributed by atoms with E-state index in [1.54, 1.807) is 0 Å². The van der Waals surface area contributed by atoms with Crippen molar-refractivity contribution in [3.63, 3.8) is 0 Å². The van der Waals surface area contributed by atoms with Crippen molar-refractivity contribution in [2.24, 2.45) is 11.5 Å². The molecule has 0 unspecified atom stereocenters. The Morgan fingerprint density at radius 2 is 2.07 bits per heavy atom. The lowest BCUT2D eigenvalue weighted by molar-refractivity contribution is -0.118. The normalized spacial score (nSPS) is 9.79. The zero-order valence-corrected chi connectivity index (χ0v) is 7.90. The third kappa shape index (κ3) is 3.06. The van der Waals surface area contributed by atoms with Gasteiger partial charge in [-0.2, -0.15) is 0 Å². The van der Waals surface area contributed by atoms with Crippen LogP contribution >= 0.6 is 0 Å². The summed E-state index contributed by atoms with van der Waals surface area (Å²) in [6.45, 7) is 0.721. The smallest absolute Gasteiger partial charge is 0.220 e. The summed E-state index contributed by atoms with van der Waals surface area (Å²) in [4.78, 5) is 10.5. The van der Waals surface area contributed by atoms with E-state index in [9.17, 15) is 4.79 Å². The van der Waals surface area contributed by atoms with Crippen LogP contribution in [0.25, 0.3) is 0 Å². The first-order valence-corrected chi connectivity index (χ1v) is 4.43. The molecule has 76 valence electrons. The minimum atomic E-state index is -0.366. The van der Waals surface area contributed by atoms with E-state index in [-0.39, 0.29) is 12.3 Å². The Morgan fingerprint density at radius 3 is 2.71 bits per heavy atom. The molecule has 0 bridgehead atoms. The monoisotopic (exact) mass is 194 g/mol. The molecule has 0 atom stereocenters. The molecule has 1 amide bonds. The third-order valence-electron chi connectivity index (χ3n) is 1.80. The topological polar surface area (TPSA) is 78.3 Å². The third-order valence-corrected chi connectivity index (χ3v) is 1.80. The standard InChI is InChI=1S/C10H14N2O2/c11-7-8-3-1-2-4-9(8)14-6-5-10(12)13/h1-4H,5-7,11H2,(H2,12,13). The van der Waals surface area contributed by atoms with Crippen LogP contribution in [0.15, 0.2) is 24.3 Å². The second kappa shape index (κ2) is 5.24. The number of hydrogen-bond acceptors (Lipinski definition) is 3. The largest absolute Gasteiger partial charge is 0.493 e. The van der Waals surface area contributed by atoms with Crippen LogP contribution in [0.4, 0.5) is 0 Å². The van der Waals surface area contributed by atoms with Crippen molar-refractivity contribution in [2.45, 2.75) is 13.0 Å². The molecular formula is C10H14N2O2. The summed E-state index contributed by atoms with van der Waals surface area (Å²) in [7, 11) is 0. The van der Waals surface area contributed by atoms with Gasteiger partial charge in [0.05, 0.1) is 13.0 Å². The van der Waals surface area contributed by atoms with E-state index < -0.39 is 0 Å². The van der Waals surface area contributed by atoms with E-state index in [1.807, 2.05) is 24.3 Å². The first kappa shape index (κ1) is 10.5. The molecule has 4 heteroatoms. The molecule has 0 saturated heterocycles. The van der Waals surface area contributed by atoms with E-state index in [4.69, 9.17) is 16.2 Å². The summed E-state index contributed by atoms with van der Waals surface area (Å²) >= 11 is 0. The van der Waals surface area contributed by atoms with Crippen molar-refractivity contribution in [2.75, 3.05) is 6.61 Å². The van der Waals surface area contributed by atoms with Gasteiger partial charge in [-0.25, -0.2) is 0 Å². The van der Waals surface area contributed by atoms with Crippen LogP contribution in [0.3, 0.4) is 0 Å². The Kier molecular flexibility index (Phi) is 3.94. The number of benzene rings is 1. The lowest BCUT2D eigenvalue weighted by atomic mass is 10.2. The molecule has 0 aliphatic carbocycles. The van der Waals surface area contributed by atoms with E-state index >= 15 is 0 Å². The molecule has 0 aromatic heterocycles. The molecule has 4 nitrogen and oxygen atoms in total. The van der Waals surface area contributed by atoms with E-state index in [1.165, 1.54) is 0 Å². The maximum atomic E-state index is 10.5. The maximum Gasteiger partial charge on any atom is 0.220 e. The van der Waals surface area contributed by atoms with Crippen molar-refractivity contribution in [1.29, 1.82) is 0 Å². The molecule has 0 fully saturated rings. The number of ether oxygens (including phenoxy) is 1. The zero-order chi connectivity index (χ0) is 10.4. The van der Waals surface area contributed by atoms with Gasteiger partial charge in [-0.3, -0.25) is 4.79 Å². The van der Waals surface area contributed by atoms with E-state index in [0.717, 1.165) is 11.3 Å². The van der Waals surface area contributed by atoms with Crippen LogP contribution in [0, 0.1) is 0 Å². The number of amides is 1. The zero-order valence-electron chi connectivity index (χ0n) is 7.90. The highest BCUT2D eigenvalue weighted by molar-refractivity contribution is 5.73. The molecule has 0 aliphatic rings. The van der Waals surface area contributed by atoms with Crippen molar-refractivity contribution < 1.29 is 9.53 Å². The average molecular weight is 194 g/mol. The lowest BCUT2D eigenvalue weighted by Crippen LogP contribution is -2.15. The molecule has 1 rings (SSSR count). The van der Waals surface area contributed by atoms with Crippen molar-refractivity contribution in [1.82, 2.24) is 0 Å². The quantitative estimate of drug-likeness (QED) is 0.712. The predicted molar refractivity (Wildman–Crippen MR) is 53.6 cm³/mol. The van der Waals surface area contributed by atoms with Gasteiger partial charge in [0.25, 0.3) is 0 Å². The van der Waals surface area contributed by atoms with Crippen molar-refractivity contribution >= 4 is 5.91 Å². The van der Waals surface area contributed by atoms with Gasteiger partial charge in [-0.1, -0.05) is 18.2 Å². The van der Waals surface area contributed by atoms with Gasteiger partial charge in [-0.15, -0.1) is 0 Å². The molecule has 0 spiro atoms. The minimum Gasteiger partial charge on any atom is -0.493 e. The van der Waals surface area contributed by atoms with Gasteiger partial charge in [-0.05, 0) is 6.07 Å². The Bertz CT molecular complexity index is 313. The molecule has 1 aromatic rings. The molecule has 0 saturated carbocycles. The number of carbonyl (C=O) groups is 1. The fourth-order valence-corrected chi connectivity index (χ4v) is 1.07. The highest BCUT2D eigenvalue weighted by atomic mass is 16.5. The van der Waals surface area contributed by atoms with Crippen molar-refractivity contribution in [3.8, 4) is 5.75 Å². The Labute approximate surface area is 82.8 Å². The van der Waals surface area contributed by atoms with Crippen molar-refractivity contribution in [3.05, 3.63) is 29.8 Å². The maximum absolute atomic E-state index is 10.5. The van der Waals surface area contributed by atoms with E-state index in [0.29, 0.717) is 13.2 Å². The number of carbonyl (C=O) groups excluding carboxylic acids is 1. The number of hydrogen-bond donors (Lipinski definition) is 2. The molecule has 0 radical (unpaired) electrons. The van der Waals surface area contributed by atoms with Crippen LogP contribution < -0.4 is 16.2 Å². The van der Waals surface area contributed by atoms with Gasteiger partial charge < -0.3 is 16.2 Å². The van der Waals surface area contributed by atoms with Gasteiger partial charge >= 0.3 is 0 Å². The first-order valence-electron chi connectivity index (χ1n) is 4.43. The van der Waals surface area contributed by atoms with Gasteiger partial charge in [0.1, 0.15) is 5.75 Å². The molecule has 4 N–H and O–H groups in total. The van der Waals surface area contributed by atoms with Gasteiger partial charge in [0.15, 0.2) is 0 Å². The second-order valence-electron chi connectivity index (χ2n) is 2.88. The Morgan fingerprint density at radius 1 is 1.36 bits per heavy atom. The minimum absolute atomic E-state index is 0.221. The summed E-state index contributed by atoms with van der Waals surface area (Å²) in [6, 6.07) is 7.46. The molecular weight excluding hydrogens is 180 g/mol. The number of para-hydroxylation sites is 1. The van der Waals surface area contributed by atoms with Crippen LogP contribution in [0.2, 0.25) is 0 Å². The number of primary amides is 1. The number of rotatable bonds is 5. The van der Waals surface area contributed by atoms with E-state index in [2.05, 4.69) is 0 Å². The average Bonchev–Trinajstić information content (AvgIpc) is 2.18. The fraction of sp³-hybridized carbons (Fsp3) is 0.300. The molecule has 0 heterocycles. The van der Waals surface area contributed by atoms with Crippen LogP contribution in [0.5, 0.6) is 5.75 Å². The summed E-state index contributed by atoms with van der Waals surface area (Å²) in [5.41, 5.74) is 11.4. The fourth-order valence-electron chi connectivity index (χ4n) is 1.07. The Hall–Kier alpha value is -1.55. The SMILES string of the molecule is NCc1ccccc1OCCC(N)=O. The predicted octanol–water partition coefficient (Wildman–Crippen LogP) is 0.399. The Balaban J connectivity index is 2.53. The molecule has 1 aromatic carbocycles. The summed E-state index contributed by atoms with van der Waals surface area (Å²) in [6.07, 6.45) is 0.221. The summed E-state index contributed by atoms with van der Waals surface area (Å²) in [5, 5.41) is 0. The number of nitrogens with two attached hydrogens (primary N) is 2. The highest BCUT2D eigenvalue weighted by Gasteiger charge is 2.01. The lowest BCUT2D eigenvalue weighted by Gasteiger charge is -2.08. The summed E-state index contributed by atoms with van der Waals surface area (Å²) in [5.74, 6) is 0.353. The molecule has 0 aliphatic heterocycles. The van der Waals surface area contributed by atoms with Gasteiger partial charge in [0.2, 0.25) is 5.91 Å². The van der Waals surface area contributed by atoms with Crippen LogP contribution in [-0.2, 0) is 11.3 Å². The first-order chi connectivity index (χ1) is 6.74. The van der Waals surface area contributed by atoms with Crippen LogP contribution in [0.1, 0.15) is 12.0 Å². The molecule has 14 heavy (non-hydrogen) atoms. The van der Waals surface area contributed by atoms with Crippen LogP contribution in [-0.4, -0.2) is 12.5 Å². The van der Waals surface area contributed by atoms with Gasteiger partial charge in [0, 0.05) is 12.1 Å². The highest BCUT2D eigenvalue weighted by Crippen LogP contribution is 2.16. The summed E-state index contributed by atoms with van der Waals surface area (Å²) < 4.78 is 5.36. The second-order valence-corrected chi connectivity index (χ2v) is 2.88.